The van der Waals surface area contributed by atoms with E-state index in [4.69, 9.17) is 4.42 Å². The molecule has 1 spiro atoms. The fourth-order valence-electron chi connectivity index (χ4n) is 6.56. The molecular weight excluding hydrogens is 648 g/mol. The Morgan fingerprint density at radius 3 is 2.42 bits per heavy atom. The minimum absolute atomic E-state index is 0.0390. The molecule has 1 atom stereocenters. The molecule has 0 fully saturated rings. The van der Waals surface area contributed by atoms with Crippen molar-refractivity contribution in [3.05, 3.63) is 146 Å². The maximum atomic E-state index is 15.2. The Bertz CT molecular complexity index is 2370. The quantitative estimate of drug-likeness (QED) is 0.134. The molecule has 2 amide bonds. The number of benzene rings is 4. The first kappa shape index (κ1) is 30.2. The minimum atomic E-state index is -1.89. The van der Waals surface area contributed by atoms with E-state index in [1.54, 1.807) is 47.4 Å². The van der Waals surface area contributed by atoms with Crippen LogP contribution in [0.4, 0.5) is 15.2 Å². The maximum absolute atomic E-state index is 15.2. The number of carbonyl (C=O) groups is 2. The molecule has 4 heterocycles. The summed E-state index contributed by atoms with van der Waals surface area (Å²) in [5.74, 6) is -1.38. The Morgan fingerprint density at radius 1 is 0.896 bits per heavy atom. The number of fused-ring (bicyclic) bond motifs is 5. The standard InChI is InChI=1S/C37H27FN4O4S2/c1-20-12-14-23(15-13-20)18-41-28-11-7-5-9-26(28)37(34(41)45)30-31(43)25-16-21(2)22(3)17-29(25)46-32(30)33(44)42(37)35-39-40-36(48-35)47-19-24-8-4-6-10-27(24)38/h4-17H,18-19H2,1-3H3. The lowest BCUT2D eigenvalue weighted by molar-refractivity contribution is -0.121. The summed E-state index contributed by atoms with van der Waals surface area (Å²) in [7, 11) is 0. The van der Waals surface area contributed by atoms with Crippen LogP contribution in [0.1, 0.15) is 49.5 Å². The number of hydrogen-bond donors (Lipinski definition) is 0. The van der Waals surface area contributed by atoms with Crippen LogP contribution in [0.5, 0.6) is 0 Å². The van der Waals surface area contributed by atoms with Gasteiger partial charge in [0.25, 0.3) is 11.8 Å². The smallest absolute Gasteiger partial charge is 0.297 e. The first-order chi connectivity index (χ1) is 23.2. The van der Waals surface area contributed by atoms with Gasteiger partial charge in [-0.1, -0.05) is 89.3 Å². The fraction of sp³-hybridized carbons (Fsp3) is 0.162. The summed E-state index contributed by atoms with van der Waals surface area (Å²) in [6.45, 7) is 6.01. The predicted octanol–water partition coefficient (Wildman–Crippen LogP) is 7.45. The first-order valence-electron chi connectivity index (χ1n) is 15.3. The van der Waals surface area contributed by atoms with Crippen molar-refractivity contribution in [2.24, 2.45) is 0 Å². The molecule has 238 valence electrons. The second kappa shape index (κ2) is 11.2. The van der Waals surface area contributed by atoms with E-state index in [0.717, 1.165) is 33.6 Å². The lowest BCUT2D eigenvalue weighted by atomic mass is 9.84. The van der Waals surface area contributed by atoms with Crippen LogP contribution >= 0.6 is 23.1 Å². The van der Waals surface area contributed by atoms with E-state index in [9.17, 15) is 14.0 Å². The van der Waals surface area contributed by atoms with E-state index in [1.165, 1.54) is 22.7 Å². The van der Waals surface area contributed by atoms with Crippen LogP contribution in [0.2, 0.25) is 0 Å². The summed E-state index contributed by atoms with van der Waals surface area (Å²) in [4.78, 5) is 47.3. The van der Waals surface area contributed by atoms with Gasteiger partial charge in [0.15, 0.2) is 15.3 Å². The molecule has 8 rings (SSSR count). The Kier molecular flexibility index (Phi) is 7.08. The van der Waals surface area contributed by atoms with Crippen LogP contribution in [0, 0.1) is 26.6 Å². The van der Waals surface area contributed by atoms with Gasteiger partial charge < -0.3 is 9.32 Å². The number of thioether (sulfide) groups is 1. The second-order valence-corrected chi connectivity index (χ2v) is 14.2. The molecule has 48 heavy (non-hydrogen) atoms. The van der Waals surface area contributed by atoms with E-state index >= 15 is 4.79 Å². The molecule has 4 aromatic carbocycles. The summed E-state index contributed by atoms with van der Waals surface area (Å²) >= 11 is 2.37. The third-order valence-corrected chi connectivity index (χ3v) is 11.2. The number of rotatable bonds is 6. The lowest BCUT2D eigenvalue weighted by Gasteiger charge is -2.32. The van der Waals surface area contributed by atoms with Crippen molar-refractivity contribution in [2.45, 2.75) is 42.9 Å². The molecule has 11 heteroatoms. The van der Waals surface area contributed by atoms with Gasteiger partial charge >= 0.3 is 0 Å². The van der Waals surface area contributed by atoms with Crippen molar-refractivity contribution in [3.63, 3.8) is 0 Å². The van der Waals surface area contributed by atoms with E-state index in [2.05, 4.69) is 10.2 Å². The Morgan fingerprint density at radius 2 is 1.62 bits per heavy atom. The van der Waals surface area contributed by atoms with Crippen LogP contribution < -0.4 is 15.2 Å². The number of para-hydroxylation sites is 1. The van der Waals surface area contributed by atoms with Crippen molar-refractivity contribution in [1.82, 2.24) is 10.2 Å². The van der Waals surface area contributed by atoms with Gasteiger partial charge in [0.1, 0.15) is 11.4 Å². The van der Waals surface area contributed by atoms with Crippen molar-refractivity contribution in [2.75, 3.05) is 9.80 Å². The summed E-state index contributed by atoms with van der Waals surface area (Å²) in [5, 5.41) is 9.11. The minimum Gasteiger partial charge on any atom is -0.450 e. The van der Waals surface area contributed by atoms with Gasteiger partial charge in [-0.2, -0.15) is 0 Å². The molecule has 0 N–H and O–H groups in total. The van der Waals surface area contributed by atoms with Gasteiger partial charge in [-0.05, 0) is 67.3 Å². The first-order valence-corrected chi connectivity index (χ1v) is 17.1. The van der Waals surface area contributed by atoms with E-state index in [-0.39, 0.29) is 45.5 Å². The molecule has 2 aliphatic rings. The number of anilines is 2. The van der Waals surface area contributed by atoms with Gasteiger partial charge in [-0.3, -0.25) is 19.3 Å². The zero-order valence-electron chi connectivity index (χ0n) is 26.1. The van der Waals surface area contributed by atoms with Crippen LogP contribution in [-0.4, -0.2) is 22.0 Å². The average molecular weight is 675 g/mol. The highest BCUT2D eigenvalue weighted by Crippen LogP contribution is 2.55. The summed E-state index contributed by atoms with van der Waals surface area (Å²) < 4.78 is 21.1. The molecule has 6 aromatic rings. The predicted molar refractivity (Wildman–Crippen MR) is 184 cm³/mol. The Balaban J connectivity index is 1.33. The SMILES string of the molecule is Cc1ccc(CN2C(=O)C3(c4ccccc42)c2c(oc4cc(C)c(C)cc4c2=O)C(=O)N3c2nnc(SCc3ccccc3F)s2)cc1. The van der Waals surface area contributed by atoms with Crippen molar-refractivity contribution in [3.8, 4) is 0 Å². The highest BCUT2D eigenvalue weighted by atomic mass is 32.2. The van der Waals surface area contributed by atoms with E-state index < -0.39 is 22.8 Å². The number of amides is 2. The van der Waals surface area contributed by atoms with Gasteiger partial charge in [0, 0.05) is 11.3 Å². The van der Waals surface area contributed by atoms with Gasteiger partial charge in [0.2, 0.25) is 10.9 Å². The lowest BCUT2D eigenvalue weighted by Crippen LogP contribution is -2.53. The molecule has 2 aromatic heterocycles. The summed E-state index contributed by atoms with van der Waals surface area (Å²) in [6.07, 6.45) is 0. The van der Waals surface area contributed by atoms with Crippen LogP contribution in [-0.2, 0) is 22.6 Å². The zero-order chi connectivity index (χ0) is 33.3. The third-order valence-electron chi connectivity index (χ3n) is 9.10. The number of nitrogens with zero attached hydrogens (tertiary/aromatic N) is 4. The monoisotopic (exact) mass is 674 g/mol. The molecule has 0 bridgehead atoms. The highest BCUT2D eigenvalue weighted by Gasteiger charge is 2.66. The van der Waals surface area contributed by atoms with Crippen LogP contribution in [0.15, 0.2) is 98.5 Å². The number of carbonyl (C=O) groups excluding carboxylic acids is 2. The van der Waals surface area contributed by atoms with Crippen LogP contribution in [0.3, 0.4) is 0 Å². The van der Waals surface area contributed by atoms with E-state index in [0.29, 0.717) is 21.2 Å². The number of halogens is 1. The van der Waals surface area contributed by atoms with Gasteiger partial charge in [0.05, 0.1) is 23.2 Å². The van der Waals surface area contributed by atoms with Crippen LogP contribution in [0.25, 0.3) is 11.0 Å². The molecular formula is C37H27FN4O4S2. The number of aryl methyl sites for hydroxylation is 3. The normalized spacial score (nSPS) is 16.8. The van der Waals surface area contributed by atoms with Gasteiger partial charge in [-0.25, -0.2) is 4.39 Å². The maximum Gasteiger partial charge on any atom is 0.297 e. The molecule has 0 aliphatic carbocycles. The zero-order valence-corrected chi connectivity index (χ0v) is 27.7. The Hall–Kier alpha value is -5.13. The Labute approximate surface area is 282 Å². The molecule has 0 saturated carbocycles. The second-order valence-electron chi connectivity index (χ2n) is 12.0. The summed E-state index contributed by atoms with van der Waals surface area (Å²) in [5.41, 5.74) is 3.17. The fourth-order valence-corrected chi connectivity index (χ4v) is 8.44. The highest BCUT2D eigenvalue weighted by molar-refractivity contribution is 8.00. The summed E-state index contributed by atoms with van der Waals surface area (Å²) in [6, 6.07) is 25.0. The van der Waals surface area contributed by atoms with Crippen molar-refractivity contribution >= 4 is 56.7 Å². The molecule has 8 nitrogen and oxygen atoms in total. The van der Waals surface area contributed by atoms with Crippen molar-refractivity contribution < 1.29 is 18.4 Å². The molecule has 1 unspecified atom stereocenters. The molecule has 0 saturated heterocycles. The molecule has 2 aliphatic heterocycles. The van der Waals surface area contributed by atoms with Gasteiger partial charge in [-0.15, -0.1) is 10.2 Å². The number of aromatic nitrogens is 2. The third kappa shape index (κ3) is 4.45. The average Bonchev–Trinajstić information content (AvgIpc) is 3.72. The van der Waals surface area contributed by atoms with E-state index in [1.807, 2.05) is 57.2 Å². The molecule has 0 radical (unpaired) electrons. The number of hydrogen-bond acceptors (Lipinski definition) is 8. The van der Waals surface area contributed by atoms with Crippen molar-refractivity contribution in [1.29, 1.82) is 0 Å². The topological polar surface area (TPSA) is 96.6 Å². The largest absolute Gasteiger partial charge is 0.450 e.